The van der Waals surface area contributed by atoms with Crippen molar-refractivity contribution in [3.63, 3.8) is 0 Å². The first-order valence-electron chi connectivity index (χ1n) is 12.7. The van der Waals surface area contributed by atoms with E-state index in [1.165, 1.54) is 96.3 Å². The predicted octanol–water partition coefficient (Wildman–Crippen LogP) is 8.82. The van der Waals surface area contributed by atoms with Crippen molar-refractivity contribution in [2.24, 2.45) is 0 Å². The van der Waals surface area contributed by atoms with Gasteiger partial charge in [0.05, 0.1) is 0 Å². The summed E-state index contributed by atoms with van der Waals surface area (Å²) in [5.41, 5.74) is 0. The van der Waals surface area contributed by atoms with Gasteiger partial charge in [-0.05, 0) is 51.0 Å². The molecule has 0 rings (SSSR count). The Morgan fingerprint density at radius 2 is 1.00 bits per heavy atom. The molecule has 3 nitrogen and oxygen atoms in total. The first-order valence-corrected chi connectivity index (χ1v) is 12.7. The minimum absolute atomic E-state index is 0.332. The fourth-order valence-electron chi connectivity index (χ4n) is 3.19. The molecule has 30 heavy (non-hydrogen) atoms. The molecule has 0 fully saturated rings. The van der Waals surface area contributed by atoms with Gasteiger partial charge in [0.25, 0.3) is 0 Å². The molecule has 3 heteroatoms. The van der Waals surface area contributed by atoms with Crippen LogP contribution in [-0.4, -0.2) is 17.4 Å². The number of hydrogen-bond donors (Lipinski definition) is 1. The molecule has 0 aromatic heterocycles. The molecule has 1 N–H and O–H groups in total. The van der Waals surface area contributed by atoms with Crippen LogP contribution in [0.3, 0.4) is 0 Å². The van der Waals surface area contributed by atoms with E-state index in [-0.39, 0.29) is 0 Å². The average Bonchev–Trinajstić information content (AvgIpc) is 2.74. The van der Waals surface area contributed by atoms with Gasteiger partial charge in [-0.15, -0.1) is 0 Å². The van der Waals surface area contributed by atoms with Crippen molar-refractivity contribution in [3.05, 3.63) is 24.3 Å². The summed E-state index contributed by atoms with van der Waals surface area (Å²) in [6.45, 7) is 4.45. The SMILES string of the molecule is CCCCCCC=CC=O.CCCCCCCCC=CCCCCCCCC(=O)O. The van der Waals surface area contributed by atoms with E-state index in [9.17, 15) is 9.59 Å². The molecule has 0 saturated heterocycles. The second-order valence-electron chi connectivity index (χ2n) is 8.14. The lowest BCUT2D eigenvalue weighted by atomic mass is 10.1. The van der Waals surface area contributed by atoms with Crippen molar-refractivity contribution in [2.75, 3.05) is 0 Å². The van der Waals surface area contributed by atoms with Gasteiger partial charge in [-0.2, -0.15) is 0 Å². The number of aldehydes is 1. The van der Waals surface area contributed by atoms with E-state index in [2.05, 4.69) is 26.0 Å². The molecule has 176 valence electrons. The highest BCUT2D eigenvalue weighted by molar-refractivity contribution is 5.66. The maximum Gasteiger partial charge on any atom is 0.303 e. The standard InChI is InChI=1S/C18H34O2.C9H16O/c1-2-3-4-5-6-7-8-9-10-11-12-13-14-15-16-17-18(19)20;1-2-3-4-5-6-7-8-9-10/h9-10H,2-8,11-17H2,1H3,(H,19,20);7-9H,2-6H2,1H3. The van der Waals surface area contributed by atoms with Crippen molar-refractivity contribution in [3.8, 4) is 0 Å². The van der Waals surface area contributed by atoms with Crippen molar-refractivity contribution < 1.29 is 14.7 Å². The zero-order valence-electron chi connectivity index (χ0n) is 20.1. The molecule has 0 radical (unpaired) electrons. The molecule has 0 heterocycles. The quantitative estimate of drug-likeness (QED) is 0.0869. The number of carbonyl (C=O) groups excluding carboxylic acids is 1. The Morgan fingerprint density at radius 3 is 1.47 bits per heavy atom. The average molecular weight is 423 g/mol. The molecular formula is C27H50O3. The highest BCUT2D eigenvalue weighted by Crippen LogP contribution is 2.09. The highest BCUT2D eigenvalue weighted by Gasteiger charge is 1.95. The topological polar surface area (TPSA) is 54.4 Å². The summed E-state index contributed by atoms with van der Waals surface area (Å²) in [5.74, 6) is -0.664. The molecule has 0 bridgehead atoms. The van der Waals surface area contributed by atoms with E-state index in [4.69, 9.17) is 5.11 Å². The van der Waals surface area contributed by atoms with Crippen molar-refractivity contribution in [1.82, 2.24) is 0 Å². The molecule has 0 atom stereocenters. The van der Waals surface area contributed by atoms with E-state index in [0.29, 0.717) is 6.42 Å². The summed E-state index contributed by atoms with van der Waals surface area (Å²) in [4.78, 5) is 20.1. The lowest BCUT2D eigenvalue weighted by Crippen LogP contribution is -1.93. The maximum absolute atomic E-state index is 10.3. The Bertz CT molecular complexity index is 399. The number of unbranched alkanes of at least 4 members (excludes halogenated alkanes) is 15. The molecule has 0 unspecified atom stereocenters. The van der Waals surface area contributed by atoms with Crippen molar-refractivity contribution in [1.29, 1.82) is 0 Å². The van der Waals surface area contributed by atoms with Crippen LogP contribution in [0, 0.1) is 0 Å². The van der Waals surface area contributed by atoms with Crippen LogP contribution in [-0.2, 0) is 9.59 Å². The fraction of sp³-hybridized carbons (Fsp3) is 0.778. The molecule has 0 aromatic carbocycles. The summed E-state index contributed by atoms with van der Waals surface area (Å²) < 4.78 is 0. The van der Waals surface area contributed by atoms with Crippen LogP contribution in [0.2, 0.25) is 0 Å². The molecular weight excluding hydrogens is 372 g/mol. The van der Waals surface area contributed by atoms with Gasteiger partial charge in [0.1, 0.15) is 6.29 Å². The lowest BCUT2D eigenvalue weighted by molar-refractivity contribution is -0.137. The second kappa shape index (κ2) is 29.8. The summed E-state index contributed by atoms with van der Waals surface area (Å²) >= 11 is 0. The summed E-state index contributed by atoms with van der Waals surface area (Å²) in [5, 5.41) is 8.51. The van der Waals surface area contributed by atoms with E-state index < -0.39 is 5.97 Å². The first-order chi connectivity index (χ1) is 14.7. The number of hydrogen-bond acceptors (Lipinski definition) is 2. The van der Waals surface area contributed by atoms with Gasteiger partial charge in [-0.3, -0.25) is 9.59 Å². The number of rotatable bonds is 21. The van der Waals surface area contributed by atoms with Gasteiger partial charge in [-0.1, -0.05) is 103 Å². The van der Waals surface area contributed by atoms with Crippen LogP contribution in [0.1, 0.15) is 136 Å². The molecule has 0 aliphatic carbocycles. The molecule has 0 amide bonds. The van der Waals surface area contributed by atoms with Gasteiger partial charge >= 0.3 is 5.97 Å². The Hall–Kier alpha value is -1.38. The Balaban J connectivity index is 0. The molecule has 0 aliphatic rings. The highest BCUT2D eigenvalue weighted by atomic mass is 16.4. The minimum Gasteiger partial charge on any atom is -0.481 e. The smallest absolute Gasteiger partial charge is 0.303 e. The Morgan fingerprint density at radius 1 is 0.600 bits per heavy atom. The monoisotopic (exact) mass is 422 g/mol. The van der Waals surface area contributed by atoms with Gasteiger partial charge < -0.3 is 5.11 Å². The second-order valence-corrected chi connectivity index (χ2v) is 8.14. The van der Waals surface area contributed by atoms with Crippen LogP contribution in [0.25, 0.3) is 0 Å². The zero-order chi connectivity index (χ0) is 22.5. The fourth-order valence-corrected chi connectivity index (χ4v) is 3.19. The van der Waals surface area contributed by atoms with Crippen molar-refractivity contribution >= 4 is 12.3 Å². The molecule has 0 aliphatic heterocycles. The van der Waals surface area contributed by atoms with Gasteiger partial charge in [0.15, 0.2) is 0 Å². The summed E-state index contributed by atoms with van der Waals surface area (Å²) in [6, 6.07) is 0. The van der Waals surface area contributed by atoms with Crippen molar-refractivity contribution in [2.45, 2.75) is 136 Å². The minimum atomic E-state index is -0.664. The number of aliphatic carboxylic acids is 1. The Labute approximate surface area is 187 Å². The summed E-state index contributed by atoms with van der Waals surface area (Å²) in [6.07, 6.45) is 31.7. The van der Waals surface area contributed by atoms with Crippen LogP contribution in [0.4, 0.5) is 0 Å². The summed E-state index contributed by atoms with van der Waals surface area (Å²) in [7, 11) is 0. The Kier molecular flexibility index (Phi) is 30.6. The van der Waals surface area contributed by atoms with Crippen LogP contribution in [0.5, 0.6) is 0 Å². The van der Waals surface area contributed by atoms with E-state index in [1.54, 1.807) is 6.08 Å². The number of carbonyl (C=O) groups is 2. The van der Waals surface area contributed by atoms with Crippen LogP contribution < -0.4 is 0 Å². The zero-order valence-corrected chi connectivity index (χ0v) is 20.1. The number of allylic oxidation sites excluding steroid dienone is 4. The molecule has 0 spiro atoms. The molecule has 0 aromatic rings. The number of carboxylic acids is 1. The lowest BCUT2D eigenvalue weighted by Gasteiger charge is -1.99. The van der Waals surface area contributed by atoms with E-state index >= 15 is 0 Å². The van der Waals surface area contributed by atoms with Gasteiger partial charge in [0, 0.05) is 6.42 Å². The van der Waals surface area contributed by atoms with Gasteiger partial charge in [-0.25, -0.2) is 0 Å². The van der Waals surface area contributed by atoms with E-state index in [0.717, 1.165) is 25.5 Å². The third kappa shape index (κ3) is 34.1. The third-order valence-corrected chi connectivity index (χ3v) is 5.09. The largest absolute Gasteiger partial charge is 0.481 e. The molecule has 0 saturated carbocycles. The maximum atomic E-state index is 10.3. The van der Waals surface area contributed by atoms with Crippen LogP contribution >= 0.6 is 0 Å². The van der Waals surface area contributed by atoms with E-state index in [1.807, 2.05) is 6.08 Å². The normalized spacial score (nSPS) is 11.0. The predicted molar refractivity (Wildman–Crippen MR) is 131 cm³/mol. The van der Waals surface area contributed by atoms with Gasteiger partial charge in [0.2, 0.25) is 0 Å². The van der Waals surface area contributed by atoms with Crippen LogP contribution in [0.15, 0.2) is 24.3 Å². The third-order valence-electron chi connectivity index (χ3n) is 5.09. The number of carboxylic acid groups (broad SMARTS) is 1. The first kappa shape index (κ1) is 30.8.